The van der Waals surface area contributed by atoms with Crippen molar-refractivity contribution in [1.82, 2.24) is 9.78 Å². The SMILES string of the molecule is CCCCn1nc(N(C)CC)c(C(=O)OC)c1N. The molecule has 1 rings (SSSR count). The van der Waals surface area contributed by atoms with E-state index in [1.165, 1.54) is 7.11 Å². The monoisotopic (exact) mass is 254 g/mol. The maximum absolute atomic E-state index is 11.8. The van der Waals surface area contributed by atoms with Crippen molar-refractivity contribution in [2.45, 2.75) is 33.2 Å². The van der Waals surface area contributed by atoms with E-state index in [1.54, 1.807) is 4.68 Å². The highest BCUT2D eigenvalue weighted by molar-refractivity contribution is 5.99. The lowest BCUT2D eigenvalue weighted by Gasteiger charge is -2.14. The van der Waals surface area contributed by atoms with Gasteiger partial charge in [-0.25, -0.2) is 9.48 Å². The number of esters is 1. The van der Waals surface area contributed by atoms with Gasteiger partial charge in [-0.15, -0.1) is 0 Å². The second-order valence-corrected chi connectivity index (χ2v) is 4.17. The van der Waals surface area contributed by atoms with Crippen LogP contribution in [0.25, 0.3) is 0 Å². The molecule has 0 aromatic carbocycles. The second kappa shape index (κ2) is 6.28. The standard InChI is InChI=1S/C12H22N4O2/c1-5-7-8-16-10(13)9(12(17)18-4)11(14-16)15(3)6-2/h5-8,13H2,1-4H3. The van der Waals surface area contributed by atoms with Crippen LogP contribution in [0.5, 0.6) is 0 Å². The summed E-state index contributed by atoms with van der Waals surface area (Å²) in [7, 11) is 3.22. The highest BCUT2D eigenvalue weighted by Crippen LogP contribution is 2.25. The van der Waals surface area contributed by atoms with Gasteiger partial charge in [-0.1, -0.05) is 13.3 Å². The van der Waals surface area contributed by atoms with Crippen LogP contribution in [0, 0.1) is 0 Å². The van der Waals surface area contributed by atoms with Crippen LogP contribution in [0.4, 0.5) is 11.6 Å². The number of carbonyl (C=O) groups is 1. The molecule has 0 fully saturated rings. The molecule has 6 heteroatoms. The average Bonchev–Trinajstić information content (AvgIpc) is 2.71. The van der Waals surface area contributed by atoms with Gasteiger partial charge in [-0.2, -0.15) is 5.10 Å². The first-order valence-corrected chi connectivity index (χ1v) is 6.22. The molecule has 0 radical (unpaired) electrons. The Kier molecular flexibility index (Phi) is 5.00. The van der Waals surface area contributed by atoms with E-state index in [1.807, 2.05) is 18.9 Å². The zero-order chi connectivity index (χ0) is 13.7. The molecule has 1 heterocycles. The number of anilines is 2. The number of unbranched alkanes of at least 4 members (excludes halogenated alkanes) is 1. The third-order valence-corrected chi connectivity index (χ3v) is 2.92. The summed E-state index contributed by atoms with van der Waals surface area (Å²) < 4.78 is 6.45. The molecule has 0 aliphatic heterocycles. The largest absolute Gasteiger partial charge is 0.465 e. The molecule has 18 heavy (non-hydrogen) atoms. The fourth-order valence-electron chi connectivity index (χ4n) is 1.66. The quantitative estimate of drug-likeness (QED) is 0.779. The fraction of sp³-hybridized carbons (Fsp3) is 0.667. The molecule has 0 aliphatic rings. The molecule has 1 aromatic rings. The van der Waals surface area contributed by atoms with Gasteiger partial charge in [0.2, 0.25) is 0 Å². The van der Waals surface area contributed by atoms with Crippen LogP contribution < -0.4 is 10.6 Å². The van der Waals surface area contributed by atoms with Crippen molar-refractivity contribution in [3.05, 3.63) is 5.56 Å². The number of nitrogens with zero attached hydrogens (tertiary/aromatic N) is 3. The van der Waals surface area contributed by atoms with Gasteiger partial charge >= 0.3 is 5.97 Å². The number of hydrogen-bond acceptors (Lipinski definition) is 5. The van der Waals surface area contributed by atoms with Crippen molar-refractivity contribution in [2.24, 2.45) is 0 Å². The first kappa shape index (κ1) is 14.3. The van der Waals surface area contributed by atoms with Gasteiger partial charge in [0, 0.05) is 20.1 Å². The summed E-state index contributed by atoms with van der Waals surface area (Å²) >= 11 is 0. The van der Waals surface area contributed by atoms with Crippen LogP contribution in [0.15, 0.2) is 0 Å². The van der Waals surface area contributed by atoms with Gasteiger partial charge in [-0.3, -0.25) is 0 Å². The Labute approximate surface area is 108 Å². The van der Waals surface area contributed by atoms with Crippen LogP contribution in [-0.4, -0.2) is 36.5 Å². The Balaban J connectivity index is 3.18. The summed E-state index contributed by atoms with van der Waals surface area (Å²) in [6.45, 7) is 5.54. The molecule has 102 valence electrons. The summed E-state index contributed by atoms with van der Waals surface area (Å²) in [6.07, 6.45) is 2.02. The number of rotatable bonds is 6. The molecular weight excluding hydrogens is 232 g/mol. The van der Waals surface area contributed by atoms with E-state index in [4.69, 9.17) is 10.5 Å². The van der Waals surface area contributed by atoms with E-state index in [-0.39, 0.29) is 0 Å². The molecule has 0 atom stereocenters. The van der Waals surface area contributed by atoms with Gasteiger partial charge in [0.25, 0.3) is 0 Å². The molecule has 0 amide bonds. The van der Waals surface area contributed by atoms with Crippen LogP contribution in [0.2, 0.25) is 0 Å². The molecule has 2 N–H and O–H groups in total. The van der Waals surface area contributed by atoms with Crippen molar-refractivity contribution >= 4 is 17.6 Å². The number of nitrogen functional groups attached to an aromatic ring is 1. The Bertz CT molecular complexity index is 414. The third-order valence-electron chi connectivity index (χ3n) is 2.92. The van der Waals surface area contributed by atoms with Crippen LogP contribution in [0.3, 0.4) is 0 Å². The van der Waals surface area contributed by atoms with Crippen molar-refractivity contribution in [3.63, 3.8) is 0 Å². The molecule has 0 aliphatic carbocycles. The molecule has 0 saturated carbocycles. The number of ether oxygens (including phenoxy) is 1. The maximum Gasteiger partial charge on any atom is 0.345 e. The normalized spacial score (nSPS) is 10.4. The molecular formula is C12H22N4O2. The topological polar surface area (TPSA) is 73.4 Å². The maximum atomic E-state index is 11.8. The smallest absolute Gasteiger partial charge is 0.345 e. The molecule has 0 saturated heterocycles. The minimum Gasteiger partial charge on any atom is -0.465 e. The lowest BCUT2D eigenvalue weighted by molar-refractivity contribution is 0.0602. The molecule has 6 nitrogen and oxygen atoms in total. The number of hydrogen-bond donors (Lipinski definition) is 1. The highest BCUT2D eigenvalue weighted by Gasteiger charge is 2.24. The average molecular weight is 254 g/mol. The van der Waals surface area contributed by atoms with E-state index in [2.05, 4.69) is 12.0 Å². The molecule has 1 aromatic heterocycles. The first-order chi connectivity index (χ1) is 8.56. The Hall–Kier alpha value is -1.72. The second-order valence-electron chi connectivity index (χ2n) is 4.17. The predicted octanol–water partition coefficient (Wildman–Crippen LogP) is 1.51. The summed E-state index contributed by atoms with van der Waals surface area (Å²) in [6, 6.07) is 0. The Morgan fingerprint density at radius 3 is 2.67 bits per heavy atom. The summed E-state index contributed by atoms with van der Waals surface area (Å²) in [4.78, 5) is 13.7. The first-order valence-electron chi connectivity index (χ1n) is 6.22. The van der Waals surface area contributed by atoms with Gasteiger partial charge < -0.3 is 15.4 Å². The van der Waals surface area contributed by atoms with Crippen LogP contribution in [0.1, 0.15) is 37.0 Å². The number of aromatic nitrogens is 2. The zero-order valence-electron chi connectivity index (χ0n) is 11.6. The number of carbonyl (C=O) groups excluding carboxylic acids is 1. The summed E-state index contributed by atoms with van der Waals surface area (Å²) in [5.41, 5.74) is 6.35. The van der Waals surface area contributed by atoms with Crippen LogP contribution in [-0.2, 0) is 11.3 Å². The third kappa shape index (κ3) is 2.75. The van der Waals surface area contributed by atoms with Gasteiger partial charge in [0.1, 0.15) is 11.4 Å². The van der Waals surface area contributed by atoms with E-state index in [9.17, 15) is 4.79 Å². The lowest BCUT2D eigenvalue weighted by Crippen LogP contribution is -2.19. The molecule has 0 unspecified atom stereocenters. The molecule has 0 bridgehead atoms. The summed E-state index contributed by atoms with van der Waals surface area (Å²) in [5, 5.41) is 4.40. The van der Waals surface area contributed by atoms with Crippen molar-refractivity contribution in [3.8, 4) is 0 Å². The minimum atomic E-state index is -0.439. The number of aryl methyl sites for hydroxylation is 1. The van der Waals surface area contributed by atoms with Crippen molar-refractivity contribution in [2.75, 3.05) is 31.3 Å². The predicted molar refractivity (Wildman–Crippen MR) is 71.8 cm³/mol. The van der Waals surface area contributed by atoms with Gasteiger partial charge in [-0.05, 0) is 13.3 Å². The van der Waals surface area contributed by atoms with Crippen LogP contribution >= 0.6 is 0 Å². The Morgan fingerprint density at radius 1 is 1.50 bits per heavy atom. The minimum absolute atomic E-state index is 0.359. The van der Waals surface area contributed by atoms with Gasteiger partial charge in [0.15, 0.2) is 5.82 Å². The van der Waals surface area contributed by atoms with E-state index in [0.717, 1.165) is 19.4 Å². The zero-order valence-corrected chi connectivity index (χ0v) is 11.6. The fourth-order valence-corrected chi connectivity index (χ4v) is 1.66. The van der Waals surface area contributed by atoms with Crippen molar-refractivity contribution in [1.29, 1.82) is 0 Å². The van der Waals surface area contributed by atoms with Gasteiger partial charge in [0.05, 0.1) is 7.11 Å². The highest BCUT2D eigenvalue weighted by atomic mass is 16.5. The number of methoxy groups -OCH3 is 1. The molecule has 0 spiro atoms. The van der Waals surface area contributed by atoms with E-state index >= 15 is 0 Å². The Morgan fingerprint density at radius 2 is 2.17 bits per heavy atom. The van der Waals surface area contributed by atoms with E-state index in [0.29, 0.717) is 23.7 Å². The van der Waals surface area contributed by atoms with E-state index < -0.39 is 5.97 Å². The summed E-state index contributed by atoms with van der Waals surface area (Å²) in [5.74, 6) is 0.522. The lowest BCUT2D eigenvalue weighted by atomic mass is 10.3. The van der Waals surface area contributed by atoms with Crippen molar-refractivity contribution < 1.29 is 9.53 Å². The number of nitrogens with two attached hydrogens (primary N) is 1.